The molecule has 0 aliphatic carbocycles. The van der Waals surface area contributed by atoms with Gasteiger partial charge in [0.2, 0.25) is 11.7 Å². The van der Waals surface area contributed by atoms with Crippen LogP contribution in [0.1, 0.15) is 18.4 Å². The summed E-state index contributed by atoms with van der Waals surface area (Å²) in [4.78, 5) is 8.39. The summed E-state index contributed by atoms with van der Waals surface area (Å²) in [5, 5.41) is 12.6. The van der Waals surface area contributed by atoms with Crippen LogP contribution in [-0.4, -0.2) is 15.1 Å². The van der Waals surface area contributed by atoms with Crippen molar-refractivity contribution in [3.63, 3.8) is 0 Å². The molecule has 2 aromatic heterocycles. The van der Waals surface area contributed by atoms with Crippen LogP contribution in [0.15, 0.2) is 22.9 Å². The number of aromatic nitrogens is 3. The summed E-state index contributed by atoms with van der Waals surface area (Å²) in [6, 6.07) is 5.92. The second-order valence-electron chi connectivity index (χ2n) is 3.96. The highest BCUT2D eigenvalue weighted by Gasteiger charge is 2.12. The first-order valence-electron chi connectivity index (χ1n) is 5.34. The molecule has 0 aromatic carbocycles. The van der Waals surface area contributed by atoms with Gasteiger partial charge in [-0.15, -0.1) is 0 Å². The summed E-state index contributed by atoms with van der Waals surface area (Å²) in [6.45, 7) is 3.79. The molecule has 5 heteroatoms. The molecule has 2 rings (SSSR count). The molecule has 0 spiro atoms. The summed E-state index contributed by atoms with van der Waals surface area (Å²) in [5.74, 6) is 0.806. The minimum Gasteiger partial charge on any atom is -0.339 e. The summed E-state index contributed by atoms with van der Waals surface area (Å²) >= 11 is 0. The van der Waals surface area contributed by atoms with Crippen LogP contribution in [0.3, 0.4) is 0 Å². The molecule has 0 amide bonds. The average Bonchev–Trinajstić information content (AvgIpc) is 2.77. The van der Waals surface area contributed by atoms with Crippen LogP contribution >= 0.6 is 0 Å². The van der Waals surface area contributed by atoms with E-state index in [1.165, 1.54) is 0 Å². The lowest BCUT2D eigenvalue weighted by Gasteiger charge is -1.95. The molecule has 1 unspecified atom stereocenters. The minimum atomic E-state index is -0.131. The number of aryl methyl sites for hydroxylation is 1. The zero-order valence-electron chi connectivity index (χ0n) is 9.71. The standard InChI is InChI=1S/C12H12N4O/c1-8-3-4-14-10(5-8)12-15-11(17-16-12)6-9(2)7-13/h3-5,9H,6H2,1-2H3. The minimum absolute atomic E-state index is 0.131. The SMILES string of the molecule is Cc1ccnc(-c2noc(CC(C)C#N)n2)c1. The second-order valence-corrected chi connectivity index (χ2v) is 3.96. The molecular weight excluding hydrogens is 216 g/mol. The van der Waals surface area contributed by atoms with E-state index in [0.29, 0.717) is 23.8 Å². The van der Waals surface area contributed by atoms with Crippen molar-refractivity contribution in [3.8, 4) is 17.6 Å². The van der Waals surface area contributed by atoms with E-state index < -0.39 is 0 Å². The van der Waals surface area contributed by atoms with Crippen molar-refractivity contribution in [2.24, 2.45) is 5.92 Å². The lowest BCUT2D eigenvalue weighted by Crippen LogP contribution is -1.96. The third-order valence-corrected chi connectivity index (χ3v) is 2.31. The Morgan fingerprint density at radius 1 is 1.53 bits per heavy atom. The molecule has 0 N–H and O–H groups in total. The average molecular weight is 228 g/mol. The molecule has 1 atom stereocenters. The largest absolute Gasteiger partial charge is 0.339 e. The highest BCUT2D eigenvalue weighted by Crippen LogP contribution is 2.15. The van der Waals surface area contributed by atoms with E-state index in [4.69, 9.17) is 9.78 Å². The van der Waals surface area contributed by atoms with Gasteiger partial charge in [-0.2, -0.15) is 10.2 Å². The van der Waals surface area contributed by atoms with Gasteiger partial charge in [-0.05, 0) is 31.5 Å². The highest BCUT2D eigenvalue weighted by molar-refractivity contribution is 5.48. The molecular formula is C12H12N4O. The third kappa shape index (κ3) is 2.67. The highest BCUT2D eigenvalue weighted by atomic mass is 16.5. The molecule has 0 bridgehead atoms. The van der Waals surface area contributed by atoms with E-state index in [-0.39, 0.29) is 5.92 Å². The maximum atomic E-state index is 8.70. The monoisotopic (exact) mass is 228 g/mol. The maximum absolute atomic E-state index is 8.70. The van der Waals surface area contributed by atoms with Crippen LogP contribution in [0.25, 0.3) is 11.5 Å². The van der Waals surface area contributed by atoms with Crippen molar-refractivity contribution in [3.05, 3.63) is 29.8 Å². The fourth-order valence-corrected chi connectivity index (χ4v) is 1.41. The molecule has 17 heavy (non-hydrogen) atoms. The van der Waals surface area contributed by atoms with E-state index in [1.54, 1.807) is 6.20 Å². The summed E-state index contributed by atoms with van der Waals surface area (Å²) < 4.78 is 5.08. The fourth-order valence-electron chi connectivity index (χ4n) is 1.41. The molecule has 5 nitrogen and oxygen atoms in total. The van der Waals surface area contributed by atoms with Gasteiger partial charge in [-0.1, -0.05) is 5.16 Å². The normalized spacial score (nSPS) is 12.1. The predicted molar refractivity (Wildman–Crippen MR) is 60.7 cm³/mol. The van der Waals surface area contributed by atoms with Gasteiger partial charge in [0.05, 0.1) is 12.0 Å². The smallest absolute Gasteiger partial charge is 0.228 e. The predicted octanol–water partition coefficient (Wildman–Crippen LogP) is 2.14. The van der Waals surface area contributed by atoms with E-state index in [1.807, 2.05) is 26.0 Å². The van der Waals surface area contributed by atoms with Crippen molar-refractivity contribution in [1.82, 2.24) is 15.1 Å². The van der Waals surface area contributed by atoms with Gasteiger partial charge in [0.15, 0.2) is 0 Å². The van der Waals surface area contributed by atoms with Crippen molar-refractivity contribution < 1.29 is 4.52 Å². The molecule has 0 fully saturated rings. The first-order chi connectivity index (χ1) is 8.19. The number of hydrogen-bond acceptors (Lipinski definition) is 5. The van der Waals surface area contributed by atoms with Gasteiger partial charge < -0.3 is 4.52 Å². The molecule has 0 radical (unpaired) electrons. The molecule has 0 saturated heterocycles. The van der Waals surface area contributed by atoms with Crippen LogP contribution < -0.4 is 0 Å². The number of nitrogens with zero attached hydrogens (tertiary/aromatic N) is 4. The third-order valence-electron chi connectivity index (χ3n) is 2.31. The molecule has 2 heterocycles. The van der Waals surface area contributed by atoms with Gasteiger partial charge in [0, 0.05) is 12.6 Å². The molecule has 0 saturated carbocycles. The quantitative estimate of drug-likeness (QED) is 0.804. The number of hydrogen-bond donors (Lipinski definition) is 0. The van der Waals surface area contributed by atoms with Crippen molar-refractivity contribution in [2.75, 3.05) is 0 Å². The zero-order valence-corrected chi connectivity index (χ0v) is 9.71. The Morgan fingerprint density at radius 2 is 2.35 bits per heavy atom. The van der Waals surface area contributed by atoms with Gasteiger partial charge in [-0.25, -0.2) is 0 Å². The Kier molecular flexibility index (Phi) is 3.15. The Morgan fingerprint density at radius 3 is 3.06 bits per heavy atom. The lowest BCUT2D eigenvalue weighted by molar-refractivity contribution is 0.369. The first-order valence-corrected chi connectivity index (χ1v) is 5.34. The Balaban J connectivity index is 2.21. The van der Waals surface area contributed by atoms with Crippen molar-refractivity contribution in [1.29, 1.82) is 5.26 Å². The Bertz CT molecular complexity index is 556. The number of nitriles is 1. The van der Waals surface area contributed by atoms with Crippen molar-refractivity contribution in [2.45, 2.75) is 20.3 Å². The van der Waals surface area contributed by atoms with Gasteiger partial charge in [-0.3, -0.25) is 4.98 Å². The first kappa shape index (κ1) is 11.3. The fraction of sp³-hybridized carbons (Fsp3) is 0.333. The van der Waals surface area contributed by atoms with Crippen LogP contribution in [-0.2, 0) is 6.42 Å². The zero-order chi connectivity index (χ0) is 12.3. The van der Waals surface area contributed by atoms with Gasteiger partial charge in [0.25, 0.3) is 0 Å². The van der Waals surface area contributed by atoms with E-state index in [9.17, 15) is 0 Å². The van der Waals surface area contributed by atoms with Crippen LogP contribution in [0, 0.1) is 24.2 Å². The molecule has 0 aliphatic heterocycles. The number of rotatable bonds is 3. The van der Waals surface area contributed by atoms with Crippen molar-refractivity contribution >= 4 is 0 Å². The van der Waals surface area contributed by atoms with E-state index >= 15 is 0 Å². The second kappa shape index (κ2) is 4.74. The van der Waals surface area contributed by atoms with E-state index in [2.05, 4.69) is 21.2 Å². The lowest BCUT2D eigenvalue weighted by atomic mass is 10.1. The van der Waals surface area contributed by atoms with Crippen LogP contribution in [0.2, 0.25) is 0 Å². The topological polar surface area (TPSA) is 75.6 Å². The number of pyridine rings is 1. The van der Waals surface area contributed by atoms with Crippen LogP contribution in [0.5, 0.6) is 0 Å². The van der Waals surface area contributed by atoms with Crippen LogP contribution in [0.4, 0.5) is 0 Å². The maximum Gasteiger partial charge on any atom is 0.228 e. The molecule has 0 aliphatic rings. The van der Waals surface area contributed by atoms with Gasteiger partial charge >= 0.3 is 0 Å². The molecule has 2 aromatic rings. The summed E-state index contributed by atoms with van der Waals surface area (Å²) in [6.07, 6.45) is 2.17. The summed E-state index contributed by atoms with van der Waals surface area (Å²) in [5.41, 5.74) is 1.77. The molecule has 86 valence electrons. The Labute approximate surface area is 99.1 Å². The van der Waals surface area contributed by atoms with Gasteiger partial charge in [0.1, 0.15) is 5.69 Å². The Hall–Kier alpha value is -2.22. The summed E-state index contributed by atoms with van der Waals surface area (Å²) in [7, 11) is 0. The van der Waals surface area contributed by atoms with E-state index in [0.717, 1.165) is 5.56 Å².